The Labute approximate surface area is 153 Å². The average Bonchev–Trinajstić information content (AvgIpc) is 3.04. The molecule has 0 spiro atoms. The molecule has 26 heavy (non-hydrogen) atoms. The van der Waals surface area contributed by atoms with Crippen LogP contribution in [-0.4, -0.2) is 48.7 Å². The van der Waals surface area contributed by atoms with E-state index in [9.17, 15) is 4.79 Å². The fourth-order valence-electron chi connectivity index (χ4n) is 3.66. The van der Waals surface area contributed by atoms with E-state index in [-0.39, 0.29) is 5.91 Å². The summed E-state index contributed by atoms with van der Waals surface area (Å²) < 4.78 is 7.34. The first-order chi connectivity index (χ1) is 12.7. The molecule has 0 bridgehead atoms. The number of carbonyl (C=O) groups is 1. The molecule has 134 valence electrons. The monoisotopic (exact) mass is 349 g/mol. The summed E-state index contributed by atoms with van der Waals surface area (Å²) in [5, 5.41) is 1.02. The van der Waals surface area contributed by atoms with Crippen LogP contribution in [0.3, 0.4) is 0 Å². The molecule has 5 heteroatoms. The van der Waals surface area contributed by atoms with Crippen LogP contribution < -0.4 is 9.64 Å². The van der Waals surface area contributed by atoms with Crippen LogP contribution in [-0.2, 0) is 7.05 Å². The quantitative estimate of drug-likeness (QED) is 0.729. The van der Waals surface area contributed by atoms with Crippen molar-refractivity contribution in [3.8, 4) is 5.75 Å². The van der Waals surface area contributed by atoms with E-state index in [2.05, 4.69) is 11.0 Å². The fraction of sp³-hybridized carbons (Fsp3) is 0.286. The largest absolute Gasteiger partial charge is 0.497 e. The first-order valence-corrected chi connectivity index (χ1v) is 8.90. The molecule has 0 unspecified atom stereocenters. The zero-order valence-corrected chi connectivity index (χ0v) is 15.2. The lowest BCUT2D eigenvalue weighted by Gasteiger charge is -2.36. The first kappa shape index (κ1) is 16.5. The molecule has 3 aromatic rings. The number of benzene rings is 2. The zero-order chi connectivity index (χ0) is 18.1. The molecule has 1 aromatic heterocycles. The van der Waals surface area contributed by atoms with Crippen LogP contribution in [0.15, 0.2) is 54.7 Å². The van der Waals surface area contributed by atoms with Crippen molar-refractivity contribution in [2.24, 2.45) is 7.05 Å². The second-order valence-electron chi connectivity index (χ2n) is 6.65. The summed E-state index contributed by atoms with van der Waals surface area (Å²) in [6.45, 7) is 3.09. The third-order valence-electron chi connectivity index (χ3n) is 5.11. The van der Waals surface area contributed by atoms with Crippen LogP contribution in [0.2, 0.25) is 0 Å². The zero-order valence-electron chi connectivity index (χ0n) is 15.2. The molecule has 1 amide bonds. The van der Waals surface area contributed by atoms with Crippen molar-refractivity contribution in [2.45, 2.75) is 0 Å². The van der Waals surface area contributed by atoms with Gasteiger partial charge in [-0.15, -0.1) is 0 Å². The number of fused-ring (bicyclic) bond motifs is 1. The van der Waals surface area contributed by atoms with Gasteiger partial charge in [0, 0.05) is 62.1 Å². The van der Waals surface area contributed by atoms with Crippen molar-refractivity contribution in [2.75, 3.05) is 38.2 Å². The van der Waals surface area contributed by atoms with Crippen LogP contribution in [0.5, 0.6) is 5.75 Å². The Kier molecular flexibility index (Phi) is 4.29. The van der Waals surface area contributed by atoms with Gasteiger partial charge in [0.1, 0.15) is 5.75 Å². The Morgan fingerprint density at radius 2 is 1.77 bits per heavy atom. The number of nitrogens with zero attached hydrogens (tertiary/aromatic N) is 3. The Bertz CT molecular complexity index is 939. The van der Waals surface area contributed by atoms with Gasteiger partial charge in [-0.2, -0.15) is 0 Å². The van der Waals surface area contributed by atoms with E-state index in [0.29, 0.717) is 0 Å². The molecule has 0 N–H and O–H groups in total. The minimum Gasteiger partial charge on any atom is -0.497 e. The summed E-state index contributed by atoms with van der Waals surface area (Å²) in [5.41, 5.74) is 3.02. The molecule has 5 nitrogen and oxygen atoms in total. The molecule has 1 fully saturated rings. The molecule has 0 atom stereocenters. The van der Waals surface area contributed by atoms with E-state index < -0.39 is 0 Å². The molecule has 1 aliphatic rings. The van der Waals surface area contributed by atoms with E-state index in [1.54, 1.807) is 7.11 Å². The van der Waals surface area contributed by atoms with Gasteiger partial charge < -0.3 is 19.1 Å². The highest BCUT2D eigenvalue weighted by atomic mass is 16.5. The van der Waals surface area contributed by atoms with Gasteiger partial charge in [-0.1, -0.05) is 24.3 Å². The van der Waals surface area contributed by atoms with Crippen molar-refractivity contribution in [1.29, 1.82) is 0 Å². The number of amides is 1. The highest BCUT2D eigenvalue weighted by Crippen LogP contribution is 2.25. The van der Waals surface area contributed by atoms with Gasteiger partial charge >= 0.3 is 0 Å². The predicted octanol–water partition coefficient (Wildman–Crippen LogP) is 3.15. The topological polar surface area (TPSA) is 37.7 Å². The second kappa shape index (κ2) is 6.75. The minimum atomic E-state index is 0.118. The number of anilines is 1. The van der Waals surface area contributed by atoms with Crippen LogP contribution in [0.1, 0.15) is 10.4 Å². The number of hydrogen-bond acceptors (Lipinski definition) is 3. The number of rotatable bonds is 3. The van der Waals surface area contributed by atoms with Gasteiger partial charge in [0.05, 0.1) is 12.7 Å². The van der Waals surface area contributed by atoms with E-state index >= 15 is 0 Å². The molecular formula is C21H23N3O2. The summed E-state index contributed by atoms with van der Waals surface area (Å²) in [6.07, 6.45) is 1.95. The van der Waals surface area contributed by atoms with Crippen molar-refractivity contribution >= 4 is 22.5 Å². The number of carbonyl (C=O) groups excluding carboxylic acids is 1. The highest BCUT2D eigenvalue weighted by molar-refractivity contribution is 6.07. The Morgan fingerprint density at radius 1 is 1.00 bits per heavy atom. The van der Waals surface area contributed by atoms with Gasteiger partial charge in [0.15, 0.2) is 0 Å². The lowest BCUT2D eigenvalue weighted by Crippen LogP contribution is -2.48. The normalized spacial score (nSPS) is 14.7. The molecule has 0 radical (unpaired) electrons. The van der Waals surface area contributed by atoms with Gasteiger partial charge in [-0.25, -0.2) is 0 Å². The lowest BCUT2D eigenvalue weighted by atomic mass is 10.1. The van der Waals surface area contributed by atoms with Gasteiger partial charge in [0.25, 0.3) is 5.91 Å². The van der Waals surface area contributed by atoms with Gasteiger partial charge in [0.2, 0.25) is 0 Å². The number of ether oxygens (including phenoxy) is 1. The minimum absolute atomic E-state index is 0.118. The van der Waals surface area contributed by atoms with Gasteiger partial charge in [-0.3, -0.25) is 4.79 Å². The predicted molar refractivity (Wildman–Crippen MR) is 104 cm³/mol. The lowest BCUT2D eigenvalue weighted by molar-refractivity contribution is 0.0748. The number of hydrogen-bond donors (Lipinski definition) is 0. The number of para-hydroxylation sites is 1. The third kappa shape index (κ3) is 2.90. The fourth-order valence-corrected chi connectivity index (χ4v) is 3.66. The maximum atomic E-state index is 13.0. The average molecular weight is 349 g/mol. The summed E-state index contributed by atoms with van der Waals surface area (Å²) >= 11 is 0. The molecule has 1 saturated heterocycles. The number of piperazine rings is 1. The Hall–Kier alpha value is -2.95. The van der Waals surface area contributed by atoms with Crippen molar-refractivity contribution in [3.05, 3.63) is 60.3 Å². The molecule has 2 heterocycles. The second-order valence-corrected chi connectivity index (χ2v) is 6.65. The van der Waals surface area contributed by atoms with E-state index in [0.717, 1.165) is 54.1 Å². The first-order valence-electron chi connectivity index (χ1n) is 8.90. The smallest absolute Gasteiger partial charge is 0.256 e. The van der Waals surface area contributed by atoms with E-state index in [1.165, 1.54) is 0 Å². The standard InChI is InChI=1S/C21H23N3O2/c1-22-15-19(18-8-3-4-9-20(18)22)21(25)24-12-10-23(11-13-24)16-6-5-7-17(14-16)26-2/h3-9,14-15H,10-13H2,1-2H3. The summed E-state index contributed by atoms with van der Waals surface area (Å²) in [5.74, 6) is 0.976. The third-order valence-corrected chi connectivity index (χ3v) is 5.11. The van der Waals surface area contributed by atoms with E-state index in [1.807, 2.05) is 65.2 Å². The van der Waals surface area contributed by atoms with Crippen LogP contribution in [0.25, 0.3) is 10.9 Å². The highest BCUT2D eigenvalue weighted by Gasteiger charge is 2.24. The van der Waals surface area contributed by atoms with Crippen molar-refractivity contribution in [3.63, 3.8) is 0 Å². The molecule has 1 aliphatic heterocycles. The van der Waals surface area contributed by atoms with Crippen LogP contribution in [0, 0.1) is 0 Å². The molecule has 2 aromatic carbocycles. The maximum absolute atomic E-state index is 13.0. The summed E-state index contributed by atoms with van der Waals surface area (Å²) in [4.78, 5) is 17.3. The van der Waals surface area contributed by atoms with Crippen LogP contribution >= 0.6 is 0 Å². The molecule has 0 saturated carbocycles. The summed E-state index contributed by atoms with van der Waals surface area (Å²) in [6, 6.07) is 16.1. The Morgan fingerprint density at radius 3 is 2.54 bits per heavy atom. The number of methoxy groups -OCH3 is 1. The van der Waals surface area contributed by atoms with Crippen molar-refractivity contribution in [1.82, 2.24) is 9.47 Å². The van der Waals surface area contributed by atoms with E-state index in [4.69, 9.17) is 4.74 Å². The summed E-state index contributed by atoms with van der Waals surface area (Å²) in [7, 11) is 3.67. The Balaban J connectivity index is 1.49. The molecular weight excluding hydrogens is 326 g/mol. The van der Waals surface area contributed by atoms with Gasteiger partial charge in [-0.05, 0) is 18.2 Å². The number of aromatic nitrogens is 1. The molecule has 4 rings (SSSR count). The maximum Gasteiger partial charge on any atom is 0.256 e. The SMILES string of the molecule is COc1cccc(N2CCN(C(=O)c3cn(C)c4ccccc34)CC2)c1. The number of aryl methyl sites for hydroxylation is 1. The van der Waals surface area contributed by atoms with Crippen molar-refractivity contribution < 1.29 is 9.53 Å². The molecule has 0 aliphatic carbocycles. The van der Waals surface area contributed by atoms with Crippen LogP contribution in [0.4, 0.5) is 5.69 Å².